The average Bonchev–Trinajstić information content (AvgIpc) is 3.04. The number of hydrogen-bond donors (Lipinski definition) is 2. The zero-order chi connectivity index (χ0) is 19.7. The number of nitrogens with zero attached hydrogens (tertiary/aromatic N) is 3. The fourth-order valence-electron chi connectivity index (χ4n) is 3.28. The second-order valence-electron chi connectivity index (χ2n) is 6.36. The van der Waals surface area contributed by atoms with Crippen molar-refractivity contribution >= 4 is 34.4 Å². The van der Waals surface area contributed by atoms with E-state index in [9.17, 15) is 9.90 Å². The molecule has 6 nitrogen and oxygen atoms in total. The van der Waals surface area contributed by atoms with Crippen molar-refractivity contribution in [3.63, 3.8) is 0 Å². The van der Waals surface area contributed by atoms with Gasteiger partial charge in [0.2, 0.25) is 0 Å². The summed E-state index contributed by atoms with van der Waals surface area (Å²) in [5, 5.41) is 14.2. The minimum Gasteiger partial charge on any atom is -0.478 e. The summed E-state index contributed by atoms with van der Waals surface area (Å²) in [7, 11) is 0. The minimum atomic E-state index is -1.07. The molecule has 2 aromatic carbocycles. The van der Waals surface area contributed by atoms with Gasteiger partial charge < -0.3 is 10.8 Å². The molecule has 0 aliphatic carbocycles. The van der Waals surface area contributed by atoms with Gasteiger partial charge in [0.05, 0.1) is 22.9 Å². The van der Waals surface area contributed by atoms with Gasteiger partial charge in [0.1, 0.15) is 0 Å². The summed E-state index contributed by atoms with van der Waals surface area (Å²) in [6.07, 6.45) is 1.34. The number of carboxylic acid groups (broad SMARTS) is 1. The fourth-order valence-corrected chi connectivity index (χ4v) is 3.56. The smallest absolute Gasteiger partial charge is 0.337 e. The van der Waals surface area contributed by atoms with Crippen molar-refractivity contribution in [2.75, 3.05) is 5.73 Å². The Kier molecular flexibility index (Phi) is 4.71. The molecule has 0 amide bonds. The van der Waals surface area contributed by atoms with Crippen molar-refractivity contribution in [3.05, 3.63) is 78.0 Å². The maximum atomic E-state index is 11.8. The van der Waals surface area contributed by atoms with Gasteiger partial charge in [-0.25, -0.2) is 14.5 Å². The lowest BCUT2D eigenvalue weighted by molar-refractivity contribution is 0.0697. The van der Waals surface area contributed by atoms with Gasteiger partial charge in [0.25, 0.3) is 0 Å². The SMILES string of the molecule is Nc1nn(CC(Cl)c2ccccc2)c2ncc(C(=O)O)c(-c3ccccc3)c12. The molecular weight excluding hydrogens is 376 g/mol. The van der Waals surface area contributed by atoms with E-state index < -0.39 is 5.97 Å². The lowest BCUT2D eigenvalue weighted by Gasteiger charge is -2.11. The van der Waals surface area contributed by atoms with E-state index >= 15 is 0 Å². The van der Waals surface area contributed by atoms with E-state index in [1.807, 2.05) is 60.7 Å². The van der Waals surface area contributed by atoms with E-state index in [-0.39, 0.29) is 16.8 Å². The second kappa shape index (κ2) is 7.32. The van der Waals surface area contributed by atoms with Crippen molar-refractivity contribution < 1.29 is 9.90 Å². The first-order valence-electron chi connectivity index (χ1n) is 8.69. The van der Waals surface area contributed by atoms with Gasteiger partial charge in [-0.3, -0.25) is 0 Å². The number of hydrogen-bond acceptors (Lipinski definition) is 4. The highest BCUT2D eigenvalue weighted by molar-refractivity contribution is 6.20. The molecule has 0 saturated carbocycles. The highest BCUT2D eigenvalue weighted by Gasteiger charge is 2.22. The van der Waals surface area contributed by atoms with Gasteiger partial charge in [-0.15, -0.1) is 11.6 Å². The van der Waals surface area contributed by atoms with Crippen LogP contribution >= 0.6 is 11.6 Å². The number of carboxylic acids is 1. The van der Waals surface area contributed by atoms with Crippen LogP contribution < -0.4 is 5.73 Å². The molecule has 7 heteroatoms. The van der Waals surface area contributed by atoms with Crippen LogP contribution in [0.25, 0.3) is 22.2 Å². The first-order valence-corrected chi connectivity index (χ1v) is 9.12. The van der Waals surface area contributed by atoms with Crippen molar-refractivity contribution in [1.29, 1.82) is 0 Å². The summed E-state index contributed by atoms with van der Waals surface area (Å²) in [5.74, 6) is -0.846. The summed E-state index contributed by atoms with van der Waals surface area (Å²) in [6, 6.07) is 18.9. The summed E-state index contributed by atoms with van der Waals surface area (Å²) in [4.78, 5) is 16.1. The molecule has 0 radical (unpaired) electrons. The monoisotopic (exact) mass is 392 g/mol. The van der Waals surface area contributed by atoms with E-state index in [1.165, 1.54) is 6.20 Å². The molecule has 0 saturated heterocycles. The molecule has 140 valence electrons. The van der Waals surface area contributed by atoms with E-state index in [0.29, 0.717) is 23.1 Å². The standard InChI is InChI=1S/C21H17ClN4O2/c22-16(13-7-3-1-4-8-13)12-26-20-18(19(23)25-26)17(14-9-5-2-6-10-14)15(11-24-20)21(27)28/h1-11,16H,12H2,(H2,23,25)(H,27,28). The average molecular weight is 393 g/mol. The second-order valence-corrected chi connectivity index (χ2v) is 6.89. The van der Waals surface area contributed by atoms with Crippen LogP contribution in [0, 0.1) is 0 Å². The van der Waals surface area contributed by atoms with Crippen LogP contribution in [0.3, 0.4) is 0 Å². The summed E-state index contributed by atoms with van der Waals surface area (Å²) in [5.41, 5.74) is 8.97. The minimum absolute atomic E-state index is 0.0791. The van der Waals surface area contributed by atoms with E-state index in [4.69, 9.17) is 17.3 Å². The topological polar surface area (TPSA) is 94.0 Å². The number of nitrogen functional groups attached to an aromatic ring is 1. The Morgan fingerprint density at radius 3 is 2.39 bits per heavy atom. The molecule has 4 rings (SSSR count). The number of pyridine rings is 1. The van der Waals surface area contributed by atoms with Crippen molar-refractivity contribution in [2.24, 2.45) is 0 Å². The predicted octanol–water partition coefficient (Wildman–Crippen LogP) is 4.36. The molecule has 4 aromatic rings. The number of anilines is 1. The quantitative estimate of drug-likeness (QED) is 0.492. The van der Waals surface area contributed by atoms with Gasteiger partial charge in [0.15, 0.2) is 11.5 Å². The molecule has 28 heavy (non-hydrogen) atoms. The highest BCUT2D eigenvalue weighted by Crippen LogP contribution is 2.35. The van der Waals surface area contributed by atoms with E-state index in [2.05, 4.69) is 10.1 Å². The lowest BCUT2D eigenvalue weighted by atomic mass is 9.98. The first-order chi connectivity index (χ1) is 13.6. The maximum absolute atomic E-state index is 11.8. The number of carbonyl (C=O) groups is 1. The molecule has 2 aromatic heterocycles. The molecular formula is C21H17ClN4O2. The number of aromatic carboxylic acids is 1. The Balaban J connectivity index is 1.87. The molecule has 0 spiro atoms. The molecule has 3 N–H and O–H groups in total. The van der Waals surface area contributed by atoms with Gasteiger partial charge >= 0.3 is 5.97 Å². The molecule has 0 aliphatic heterocycles. The van der Waals surface area contributed by atoms with Crippen molar-refractivity contribution in [1.82, 2.24) is 14.8 Å². The van der Waals surface area contributed by atoms with Gasteiger partial charge in [-0.05, 0) is 11.1 Å². The fraction of sp³-hybridized carbons (Fsp3) is 0.0952. The number of aromatic nitrogens is 3. The molecule has 0 fully saturated rings. The predicted molar refractivity (Wildman–Crippen MR) is 109 cm³/mol. The van der Waals surface area contributed by atoms with Crippen LogP contribution in [-0.2, 0) is 6.54 Å². The Morgan fingerprint density at radius 1 is 1.11 bits per heavy atom. The Labute approximate surface area is 166 Å². The summed E-state index contributed by atoms with van der Waals surface area (Å²) in [6.45, 7) is 0.354. The van der Waals surface area contributed by atoms with Crippen LogP contribution in [0.5, 0.6) is 0 Å². The largest absolute Gasteiger partial charge is 0.478 e. The molecule has 1 unspecified atom stereocenters. The Bertz CT molecular complexity index is 1140. The van der Waals surface area contributed by atoms with Crippen LogP contribution in [0.1, 0.15) is 21.3 Å². The zero-order valence-electron chi connectivity index (χ0n) is 14.8. The van der Waals surface area contributed by atoms with Gasteiger partial charge in [-0.2, -0.15) is 5.10 Å². The Hall–Kier alpha value is -3.38. The number of fused-ring (bicyclic) bond motifs is 1. The van der Waals surface area contributed by atoms with Gasteiger partial charge in [-0.1, -0.05) is 60.7 Å². The zero-order valence-corrected chi connectivity index (χ0v) is 15.5. The van der Waals surface area contributed by atoms with Crippen molar-refractivity contribution in [3.8, 4) is 11.1 Å². The third-order valence-electron chi connectivity index (χ3n) is 4.58. The maximum Gasteiger partial charge on any atom is 0.337 e. The third-order valence-corrected chi connectivity index (χ3v) is 4.97. The van der Waals surface area contributed by atoms with Crippen LogP contribution in [-0.4, -0.2) is 25.8 Å². The Morgan fingerprint density at radius 2 is 1.75 bits per heavy atom. The van der Waals surface area contributed by atoms with Crippen LogP contribution in [0.4, 0.5) is 5.82 Å². The first kappa shape index (κ1) is 18.0. The highest BCUT2D eigenvalue weighted by atomic mass is 35.5. The van der Waals surface area contributed by atoms with Gasteiger partial charge in [0, 0.05) is 11.8 Å². The number of alkyl halides is 1. The lowest BCUT2D eigenvalue weighted by Crippen LogP contribution is -2.08. The molecule has 0 bridgehead atoms. The molecule has 0 aliphatic rings. The summed E-state index contributed by atoms with van der Waals surface area (Å²) < 4.78 is 1.63. The van der Waals surface area contributed by atoms with Crippen molar-refractivity contribution in [2.45, 2.75) is 11.9 Å². The number of benzene rings is 2. The molecule has 1 atom stereocenters. The number of halogens is 1. The molecule has 2 heterocycles. The third kappa shape index (κ3) is 3.18. The number of rotatable bonds is 5. The summed E-state index contributed by atoms with van der Waals surface area (Å²) >= 11 is 6.57. The van der Waals surface area contributed by atoms with E-state index in [1.54, 1.807) is 4.68 Å². The normalized spacial score (nSPS) is 12.2. The van der Waals surface area contributed by atoms with E-state index in [0.717, 1.165) is 11.1 Å². The number of nitrogens with two attached hydrogens (primary N) is 1. The van der Waals surface area contributed by atoms with Crippen LogP contribution in [0.15, 0.2) is 66.9 Å². The van der Waals surface area contributed by atoms with Crippen LogP contribution in [0.2, 0.25) is 0 Å².